The predicted molar refractivity (Wildman–Crippen MR) is 65.8 cm³/mol. The maximum absolute atomic E-state index is 9.87. The van der Waals surface area contributed by atoms with E-state index in [9.17, 15) is 5.11 Å². The Morgan fingerprint density at radius 3 is 2.75 bits per heavy atom. The third-order valence-electron chi connectivity index (χ3n) is 2.90. The Morgan fingerprint density at radius 1 is 1.38 bits per heavy atom. The number of aliphatic hydroxyl groups is 1. The summed E-state index contributed by atoms with van der Waals surface area (Å²) in [4.78, 5) is 9.48. The lowest BCUT2D eigenvalue weighted by Gasteiger charge is -2.28. The van der Waals surface area contributed by atoms with E-state index in [0.717, 1.165) is 25.5 Å². The summed E-state index contributed by atoms with van der Waals surface area (Å²) in [5, 5.41) is 9.87. The zero-order valence-corrected chi connectivity index (χ0v) is 10.2. The fraction of sp³-hybridized carbons (Fsp3) is 0.727. The van der Waals surface area contributed by atoms with Crippen molar-refractivity contribution in [3.63, 3.8) is 0 Å². The number of halogens is 1. The quantitative estimate of drug-likeness (QED) is 0.839. The molecule has 0 aromatic carbocycles. The number of aromatic amines is 1. The normalized spacial score (nSPS) is 19.1. The van der Waals surface area contributed by atoms with E-state index >= 15 is 0 Å². The van der Waals surface area contributed by atoms with Gasteiger partial charge in [0.25, 0.3) is 0 Å². The van der Waals surface area contributed by atoms with Gasteiger partial charge in [-0.25, -0.2) is 4.98 Å². The van der Waals surface area contributed by atoms with Crippen molar-refractivity contribution in [2.45, 2.75) is 31.8 Å². The van der Waals surface area contributed by atoms with Crippen LogP contribution >= 0.6 is 12.4 Å². The van der Waals surface area contributed by atoms with Crippen LogP contribution in [0.3, 0.4) is 0 Å². The molecule has 92 valence electrons. The van der Waals surface area contributed by atoms with E-state index in [-0.39, 0.29) is 18.5 Å². The topological polar surface area (TPSA) is 52.2 Å². The van der Waals surface area contributed by atoms with Crippen molar-refractivity contribution in [3.8, 4) is 0 Å². The van der Waals surface area contributed by atoms with Gasteiger partial charge in [0.1, 0.15) is 5.82 Å². The van der Waals surface area contributed by atoms with Crippen LogP contribution in [-0.2, 0) is 6.42 Å². The minimum atomic E-state index is -0.297. The summed E-state index contributed by atoms with van der Waals surface area (Å²) in [5.74, 6) is 0.875. The predicted octanol–water partition coefficient (Wildman–Crippen LogP) is 1.22. The summed E-state index contributed by atoms with van der Waals surface area (Å²) in [5.41, 5.74) is 0. The summed E-state index contributed by atoms with van der Waals surface area (Å²) in [7, 11) is 0. The smallest absolute Gasteiger partial charge is 0.108 e. The van der Waals surface area contributed by atoms with Gasteiger partial charge in [0, 0.05) is 25.4 Å². The zero-order chi connectivity index (χ0) is 10.5. The molecule has 1 aromatic rings. The molecule has 0 spiro atoms. The molecule has 0 aliphatic carbocycles. The van der Waals surface area contributed by atoms with E-state index in [1.165, 1.54) is 19.3 Å². The van der Waals surface area contributed by atoms with Gasteiger partial charge >= 0.3 is 0 Å². The van der Waals surface area contributed by atoms with Crippen LogP contribution in [0, 0.1) is 0 Å². The Morgan fingerprint density at radius 2 is 2.12 bits per heavy atom. The van der Waals surface area contributed by atoms with Crippen LogP contribution in [0.4, 0.5) is 0 Å². The molecule has 0 radical (unpaired) electrons. The number of rotatable bonds is 4. The Balaban J connectivity index is 0.00000128. The van der Waals surface area contributed by atoms with E-state index in [1.54, 1.807) is 12.4 Å². The maximum atomic E-state index is 9.87. The number of H-pyrrole nitrogens is 1. The lowest BCUT2D eigenvalue weighted by atomic mass is 10.1. The minimum Gasteiger partial charge on any atom is -0.391 e. The number of nitrogens with one attached hydrogen (secondary N) is 1. The van der Waals surface area contributed by atoms with Gasteiger partial charge < -0.3 is 15.0 Å². The average molecular weight is 246 g/mol. The highest BCUT2D eigenvalue weighted by Crippen LogP contribution is 2.09. The molecule has 0 bridgehead atoms. The molecule has 2 heterocycles. The molecule has 4 nitrogen and oxygen atoms in total. The van der Waals surface area contributed by atoms with Gasteiger partial charge in [-0.2, -0.15) is 0 Å². The molecule has 16 heavy (non-hydrogen) atoms. The monoisotopic (exact) mass is 245 g/mol. The second-order valence-corrected chi connectivity index (χ2v) is 4.26. The van der Waals surface area contributed by atoms with Gasteiger partial charge in [-0.3, -0.25) is 0 Å². The van der Waals surface area contributed by atoms with Crippen molar-refractivity contribution in [1.82, 2.24) is 14.9 Å². The van der Waals surface area contributed by atoms with Gasteiger partial charge in [-0.15, -0.1) is 12.4 Å². The number of piperidine rings is 1. The van der Waals surface area contributed by atoms with Crippen LogP contribution < -0.4 is 0 Å². The third-order valence-corrected chi connectivity index (χ3v) is 2.90. The lowest BCUT2D eigenvalue weighted by molar-refractivity contribution is 0.0999. The number of β-amino-alcohol motifs (C(OH)–C–C–N with tert-alkyl or cyclic N) is 1. The molecule has 1 saturated heterocycles. The SMILES string of the molecule is Cl.OC(Cc1ncc[nH]1)CN1CCCCC1. The molecule has 5 heteroatoms. The van der Waals surface area contributed by atoms with Crippen molar-refractivity contribution >= 4 is 12.4 Å². The summed E-state index contributed by atoms with van der Waals surface area (Å²) in [6, 6.07) is 0. The highest BCUT2D eigenvalue weighted by molar-refractivity contribution is 5.85. The summed E-state index contributed by atoms with van der Waals surface area (Å²) < 4.78 is 0. The molecule has 1 atom stereocenters. The number of nitrogens with zero attached hydrogens (tertiary/aromatic N) is 2. The van der Waals surface area contributed by atoms with E-state index in [2.05, 4.69) is 14.9 Å². The number of hydrogen-bond donors (Lipinski definition) is 2. The van der Waals surface area contributed by atoms with E-state index in [0.29, 0.717) is 6.42 Å². The van der Waals surface area contributed by atoms with Crippen molar-refractivity contribution < 1.29 is 5.11 Å². The van der Waals surface area contributed by atoms with Crippen LogP contribution in [0.1, 0.15) is 25.1 Å². The summed E-state index contributed by atoms with van der Waals surface area (Å²) in [6.07, 6.45) is 7.73. The number of aromatic nitrogens is 2. The zero-order valence-electron chi connectivity index (χ0n) is 9.43. The first-order chi connectivity index (χ1) is 7.34. The first-order valence-electron chi connectivity index (χ1n) is 5.73. The van der Waals surface area contributed by atoms with Crippen LogP contribution in [-0.4, -0.2) is 45.7 Å². The maximum Gasteiger partial charge on any atom is 0.108 e. The average Bonchev–Trinajstić information content (AvgIpc) is 2.71. The molecule has 1 fully saturated rings. The van der Waals surface area contributed by atoms with Crippen molar-refractivity contribution in [2.24, 2.45) is 0 Å². The molecule has 2 N–H and O–H groups in total. The number of likely N-dealkylation sites (tertiary alicyclic amines) is 1. The highest BCUT2D eigenvalue weighted by atomic mass is 35.5. The van der Waals surface area contributed by atoms with Gasteiger partial charge in [0.15, 0.2) is 0 Å². The van der Waals surface area contributed by atoms with Crippen LogP contribution in [0.25, 0.3) is 0 Å². The van der Waals surface area contributed by atoms with Gasteiger partial charge in [-0.05, 0) is 25.9 Å². The highest BCUT2D eigenvalue weighted by Gasteiger charge is 2.15. The molecule has 1 unspecified atom stereocenters. The molecule has 2 rings (SSSR count). The molecular weight excluding hydrogens is 226 g/mol. The summed E-state index contributed by atoms with van der Waals surface area (Å²) in [6.45, 7) is 3.05. The third kappa shape index (κ3) is 4.12. The Labute approximate surface area is 102 Å². The minimum absolute atomic E-state index is 0. The standard InChI is InChI=1S/C11H19N3O.ClH/c15-10(8-11-12-4-5-13-11)9-14-6-2-1-3-7-14;/h4-5,10,15H,1-3,6-9H2,(H,12,13);1H. The molecule has 1 aliphatic heterocycles. The second kappa shape index (κ2) is 6.89. The fourth-order valence-corrected chi connectivity index (χ4v) is 2.14. The number of imidazole rings is 1. The molecule has 1 aromatic heterocycles. The van der Waals surface area contributed by atoms with Crippen LogP contribution in [0.5, 0.6) is 0 Å². The Kier molecular flexibility index (Phi) is 5.80. The number of aliphatic hydroxyl groups excluding tert-OH is 1. The molecule has 0 saturated carbocycles. The Hall–Kier alpha value is -0.580. The van der Waals surface area contributed by atoms with Crippen molar-refractivity contribution in [1.29, 1.82) is 0 Å². The fourth-order valence-electron chi connectivity index (χ4n) is 2.14. The molecule has 0 amide bonds. The van der Waals surface area contributed by atoms with E-state index < -0.39 is 0 Å². The van der Waals surface area contributed by atoms with E-state index in [4.69, 9.17) is 0 Å². The molecule has 1 aliphatic rings. The largest absolute Gasteiger partial charge is 0.391 e. The van der Waals surface area contributed by atoms with Crippen LogP contribution in [0.15, 0.2) is 12.4 Å². The second-order valence-electron chi connectivity index (χ2n) is 4.26. The van der Waals surface area contributed by atoms with E-state index in [1.807, 2.05) is 0 Å². The van der Waals surface area contributed by atoms with Crippen LogP contribution in [0.2, 0.25) is 0 Å². The van der Waals surface area contributed by atoms with Gasteiger partial charge in [0.05, 0.1) is 6.10 Å². The Bertz CT molecular complexity index is 273. The lowest BCUT2D eigenvalue weighted by Crippen LogP contribution is -2.37. The first kappa shape index (κ1) is 13.5. The van der Waals surface area contributed by atoms with Crippen molar-refractivity contribution in [2.75, 3.05) is 19.6 Å². The van der Waals surface area contributed by atoms with Gasteiger partial charge in [0.2, 0.25) is 0 Å². The molecular formula is C11H20ClN3O. The van der Waals surface area contributed by atoms with Crippen molar-refractivity contribution in [3.05, 3.63) is 18.2 Å². The van der Waals surface area contributed by atoms with Gasteiger partial charge in [-0.1, -0.05) is 6.42 Å². The number of hydrogen-bond acceptors (Lipinski definition) is 3. The summed E-state index contributed by atoms with van der Waals surface area (Å²) >= 11 is 0. The first-order valence-corrected chi connectivity index (χ1v) is 5.73.